The highest BCUT2D eigenvalue weighted by molar-refractivity contribution is 5.91. The second-order valence-corrected chi connectivity index (χ2v) is 7.02. The van der Waals surface area contributed by atoms with Crippen LogP contribution in [-0.2, 0) is 33.4 Å². The summed E-state index contributed by atoms with van der Waals surface area (Å²) in [5, 5.41) is 0. The fraction of sp³-hybridized carbons (Fsp3) is 0.750. The van der Waals surface area contributed by atoms with Crippen LogP contribution >= 0.6 is 0 Å². The molecular weight excluding hydrogens is 304 g/mol. The van der Waals surface area contributed by atoms with E-state index in [2.05, 4.69) is 4.74 Å². The third-order valence-corrected chi connectivity index (χ3v) is 2.68. The Morgan fingerprint density at radius 2 is 1.52 bits per heavy atom. The van der Waals surface area contributed by atoms with Crippen LogP contribution in [0.2, 0.25) is 0 Å². The zero-order valence-corrected chi connectivity index (χ0v) is 14.8. The summed E-state index contributed by atoms with van der Waals surface area (Å²) in [6.45, 7) is 10.7. The van der Waals surface area contributed by atoms with Gasteiger partial charge in [0.05, 0.1) is 17.4 Å². The van der Waals surface area contributed by atoms with Crippen LogP contribution in [0.15, 0.2) is 0 Å². The SMILES string of the molecule is CC(=O)COC(C)(C)CC(=O)OC(C)C(=O)OC(=O)C(C)(C)C. The van der Waals surface area contributed by atoms with Crippen molar-refractivity contribution >= 4 is 23.7 Å². The van der Waals surface area contributed by atoms with Gasteiger partial charge in [0, 0.05) is 0 Å². The summed E-state index contributed by atoms with van der Waals surface area (Å²) >= 11 is 0. The monoisotopic (exact) mass is 330 g/mol. The maximum absolute atomic E-state index is 11.8. The predicted molar refractivity (Wildman–Crippen MR) is 81.4 cm³/mol. The molecule has 132 valence electrons. The third-order valence-electron chi connectivity index (χ3n) is 2.68. The molecule has 0 aliphatic carbocycles. The van der Waals surface area contributed by atoms with Crippen LogP contribution in [-0.4, -0.2) is 42.0 Å². The van der Waals surface area contributed by atoms with Crippen molar-refractivity contribution in [1.82, 2.24) is 0 Å². The van der Waals surface area contributed by atoms with Crippen molar-refractivity contribution in [3.8, 4) is 0 Å². The largest absolute Gasteiger partial charge is 0.451 e. The third kappa shape index (κ3) is 9.07. The molecule has 0 aromatic rings. The topological polar surface area (TPSA) is 96.0 Å². The number of carbonyl (C=O) groups is 4. The zero-order chi connectivity index (χ0) is 18.4. The second kappa shape index (κ2) is 8.19. The molecule has 0 heterocycles. The van der Waals surface area contributed by atoms with Gasteiger partial charge in [-0.15, -0.1) is 0 Å². The molecule has 0 aromatic heterocycles. The van der Waals surface area contributed by atoms with Crippen molar-refractivity contribution in [2.75, 3.05) is 6.61 Å². The van der Waals surface area contributed by atoms with E-state index >= 15 is 0 Å². The van der Waals surface area contributed by atoms with Gasteiger partial charge in [0.1, 0.15) is 6.61 Å². The first kappa shape index (κ1) is 21.2. The Balaban J connectivity index is 4.46. The van der Waals surface area contributed by atoms with Crippen molar-refractivity contribution < 1.29 is 33.4 Å². The molecule has 0 aromatic carbocycles. The Morgan fingerprint density at radius 1 is 1.00 bits per heavy atom. The molecule has 0 saturated heterocycles. The second-order valence-electron chi connectivity index (χ2n) is 7.02. The zero-order valence-electron chi connectivity index (χ0n) is 14.8. The molecule has 7 heteroatoms. The van der Waals surface area contributed by atoms with Crippen molar-refractivity contribution in [2.45, 2.75) is 66.6 Å². The number of Topliss-reactive ketones (excluding diaryl/α,β-unsaturated/α-hetero) is 1. The van der Waals surface area contributed by atoms with E-state index in [0.717, 1.165) is 0 Å². The first-order chi connectivity index (χ1) is 10.2. The summed E-state index contributed by atoms with van der Waals surface area (Å²) in [6, 6.07) is 0. The molecule has 0 N–H and O–H groups in total. The van der Waals surface area contributed by atoms with Crippen LogP contribution in [0.4, 0.5) is 0 Å². The average molecular weight is 330 g/mol. The van der Waals surface area contributed by atoms with Gasteiger partial charge >= 0.3 is 17.9 Å². The lowest BCUT2D eigenvalue weighted by atomic mass is 9.97. The quantitative estimate of drug-likeness (QED) is 0.519. The van der Waals surface area contributed by atoms with E-state index in [1.807, 2.05) is 0 Å². The predicted octanol–water partition coefficient (Wildman–Crippen LogP) is 1.81. The number of rotatable bonds is 7. The van der Waals surface area contributed by atoms with Gasteiger partial charge in [0.25, 0.3) is 0 Å². The summed E-state index contributed by atoms with van der Waals surface area (Å²) in [5.74, 6) is -2.48. The van der Waals surface area contributed by atoms with Crippen molar-refractivity contribution in [2.24, 2.45) is 5.41 Å². The van der Waals surface area contributed by atoms with Gasteiger partial charge < -0.3 is 14.2 Å². The molecule has 0 radical (unpaired) electrons. The summed E-state index contributed by atoms with van der Waals surface area (Å²) in [7, 11) is 0. The molecule has 0 rings (SSSR count). The van der Waals surface area contributed by atoms with Crippen LogP contribution in [0.1, 0.15) is 54.9 Å². The number of ketones is 1. The summed E-state index contributed by atoms with van der Waals surface area (Å²) < 4.78 is 14.9. The molecule has 0 amide bonds. The van der Waals surface area contributed by atoms with Gasteiger partial charge in [-0.2, -0.15) is 0 Å². The van der Waals surface area contributed by atoms with Gasteiger partial charge in [0.2, 0.25) is 0 Å². The minimum absolute atomic E-state index is 0.113. The fourth-order valence-corrected chi connectivity index (χ4v) is 1.31. The maximum atomic E-state index is 11.8. The van der Waals surface area contributed by atoms with Crippen LogP contribution in [0.3, 0.4) is 0 Å². The minimum atomic E-state index is -1.21. The van der Waals surface area contributed by atoms with Crippen molar-refractivity contribution in [3.63, 3.8) is 0 Å². The van der Waals surface area contributed by atoms with E-state index < -0.39 is 35.0 Å². The molecule has 23 heavy (non-hydrogen) atoms. The normalized spacial score (nSPS) is 13.2. The van der Waals surface area contributed by atoms with Gasteiger partial charge in [-0.3, -0.25) is 14.4 Å². The maximum Gasteiger partial charge on any atom is 0.354 e. The number of carbonyl (C=O) groups excluding carboxylic acids is 4. The molecule has 0 aliphatic rings. The molecule has 1 atom stereocenters. The lowest BCUT2D eigenvalue weighted by Crippen LogP contribution is -2.35. The van der Waals surface area contributed by atoms with E-state index in [-0.39, 0.29) is 18.8 Å². The lowest BCUT2D eigenvalue weighted by molar-refractivity contribution is -0.178. The van der Waals surface area contributed by atoms with Crippen molar-refractivity contribution in [3.05, 3.63) is 0 Å². The number of esters is 3. The molecule has 1 unspecified atom stereocenters. The number of hydrogen-bond acceptors (Lipinski definition) is 7. The Labute approximate surface area is 136 Å². The molecule has 0 aliphatic heterocycles. The van der Waals surface area contributed by atoms with Crippen LogP contribution in [0.25, 0.3) is 0 Å². The first-order valence-corrected chi connectivity index (χ1v) is 7.33. The highest BCUT2D eigenvalue weighted by atomic mass is 16.6. The summed E-state index contributed by atoms with van der Waals surface area (Å²) in [4.78, 5) is 46.0. The standard InChI is InChI=1S/C16H26O7/c1-10(17)9-21-16(6,7)8-12(18)22-11(2)13(19)23-14(20)15(3,4)5/h11H,8-9H2,1-7H3. The smallest absolute Gasteiger partial charge is 0.354 e. The lowest BCUT2D eigenvalue weighted by Gasteiger charge is -2.24. The van der Waals surface area contributed by atoms with Crippen LogP contribution < -0.4 is 0 Å². The van der Waals surface area contributed by atoms with Crippen LogP contribution in [0, 0.1) is 5.41 Å². The van der Waals surface area contributed by atoms with Gasteiger partial charge in [-0.25, -0.2) is 4.79 Å². The van der Waals surface area contributed by atoms with Gasteiger partial charge in [-0.05, 0) is 48.5 Å². The van der Waals surface area contributed by atoms with E-state index in [9.17, 15) is 19.2 Å². The van der Waals surface area contributed by atoms with E-state index in [0.29, 0.717) is 0 Å². The number of ether oxygens (including phenoxy) is 3. The van der Waals surface area contributed by atoms with Crippen LogP contribution in [0.5, 0.6) is 0 Å². The molecule has 0 fully saturated rings. The Kier molecular flexibility index (Phi) is 7.57. The molecule has 0 spiro atoms. The fourth-order valence-electron chi connectivity index (χ4n) is 1.31. The molecule has 7 nitrogen and oxygen atoms in total. The first-order valence-electron chi connectivity index (χ1n) is 7.33. The number of hydrogen-bond donors (Lipinski definition) is 0. The Bertz CT molecular complexity index is 471. The Hall–Kier alpha value is -1.76. The van der Waals surface area contributed by atoms with Crippen molar-refractivity contribution in [1.29, 1.82) is 0 Å². The minimum Gasteiger partial charge on any atom is -0.451 e. The van der Waals surface area contributed by atoms with E-state index in [1.165, 1.54) is 13.8 Å². The highest BCUT2D eigenvalue weighted by Crippen LogP contribution is 2.18. The van der Waals surface area contributed by atoms with Gasteiger partial charge in [0.15, 0.2) is 11.9 Å². The molecule has 0 bridgehead atoms. The average Bonchev–Trinajstić information content (AvgIpc) is 2.34. The summed E-state index contributed by atoms with van der Waals surface area (Å²) in [6.07, 6.45) is -1.36. The van der Waals surface area contributed by atoms with E-state index in [1.54, 1.807) is 34.6 Å². The molecular formula is C16H26O7. The molecule has 0 saturated carbocycles. The summed E-state index contributed by atoms with van der Waals surface area (Å²) in [5.41, 5.74) is -1.74. The Morgan fingerprint density at radius 3 is 1.96 bits per heavy atom. The van der Waals surface area contributed by atoms with Gasteiger partial charge in [-0.1, -0.05) is 0 Å². The van der Waals surface area contributed by atoms with E-state index in [4.69, 9.17) is 9.47 Å². The highest BCUT2D eigenvalue weighted by Gasteiger charge is 2.31.